The minimum Gasteiger partial charge on any atom is -0.461 e. The summed E-state index contributed by atoms with van der Waals surface area (Å²) in [7, 11) is 0. The number of nitrogens with one attached hydrogen (secondary N) is 1. The lowest BCUT2D eigenvalue weighted by Gasteiger charge is -2.12. The molecule has 0 atom stereocenters. The van der Waals surface area contributed by atoms with Gasteiger partial charge in [-0.05, 0) is 38.1 Å². The Morgan fingerprint density at radius 3 is 2.77 bits per heavy atom. The molecule has 1 aromatic carbocycles. The molecule has 2 heterocycles. The van der Waals surface area contributed by atoms with E-state index in [1.807, 2.05) is 18.4 Å². The van der Waals surface area contributed by atoms with Crippen LogP contribution < -0.4 is 5.32 Å². The standard InChI is InChI=1S/C17H16F2N4O2S/c1-10(2)23-16(14-4-3-7-25-14)21-22-17(23)26-9-15(24)20-13-6-5-11(18)8-12(13)19/h3-8,10H,9H2,1-2H3,(H,20,24). The molecule has 26 heavy (non-hydrogen) atoms. The van der Waals surface area contributed by atoms with Gasteiger partial charge in [0.25, 0.3) is 0 Å². The lowest BCUT2D eigenvalue weighted by Crippen LogP contribution is -2.16. The first-order chi connectivity index (χ1) is 12.5. The van der Waals surface area contributed by atoms with Gasteiger partial charge in [0, 0.05) is 12.1 Å². The van der Waals surface area contributed by atoms with Gasteiger partial charge in [-0.25, -0.2) is 8.78 Å². The molecule has 0 aliphatic rings. The lowest BCUT2D eigenvalue weighted by atomic mass is 10.3. The van der Waals surface area contributed by atoms with E-state index < -0.39 is 17.5 Å². The van der Waals surface area contributed by atoms with Crippen LogP contribution in [0.2, 0.25) is 0 Å². The minimum absolute atomic E-state index is 0.000174. The largest absolute Gasteiger partial charge is 0.461 e. The van der Waals surface area contributed by atoms with Gasteiger partial charge in [0.1, 0.15) is 11.6 Å². The molecule has 3 rings (SSSR count). The summed E-state index contributed by atoms with van der Waals surface area (Å²) >= 11 is 1.17. The Labute approximate surface area is 152 Å². The molecule has 0 spiro atoms. The number of hydrogen-bond acceptors (Lipinski definition) is 5. The fraction of sp³-hybridized carbons (Fsp3) is 0.235. The summed E-state index contributed by atoms with van der Waals surface area (Å²) in [6.07, 6.45) is 1.55. The van der Waals surface area contributed by atoms with Crippen LogP contribution >= 0.6 is 11.8 Å². The van der Waals surface area contributed by atoms with Crippen molar-refractivity contribution in [3.8, 4) is 11.6 Å². The smallest absolute Gasteiger partial charge is 0.234 e. The van der Waals surface area contributed by atoms with E-state index in [-0.39, 0.29) is 17.5 Å². The highest BCUT2D eigenvalue weighted by Crippen LogP contribution is 2.28. The number of anilines is 1. The van der Waals surface area contributed by atoms with Gasteiger partial charge in [-0.15, -0.1) is 10.2 Å². The van der Waals surface area contributed by atoms with Gasteiger partial charge in [-0.3, -0.25) is 9.36 Å². The highest BCUT2D eigenvalue weighted by atomic mass is 32.2. The number of carbonyl (C=O) groups is 1. The molecular weight excluding hydrogens is 362 g/mol. The first kappa shape index (κ1) is 18.1. The van der Waals surface area contributed by atoms with Gasteiger partial charge in [0.2, 0.25) is 11.7 Å². The average Bonchev–Trinajstić information content (AvgIpc) is 3.24. The van der Waals surface area contributed by atoms with Crippen LogP contribution in [0.3, 0.4) is 0 Å². The van der Waals surface area contributed by atoms with Crippen molar-refractivity contribution in [2.24, 2.45) is 0 Å². The van der Waals surface area contributed by atoms with Crippen LogP contribution in [0, 0.1) is 11.6 Å². The second kappa shape index (κ2) is 7.69. The molecule has 1 N–H and O–H groups in total. The van der Waals surface area contributed by atoms with Crippen molar-refractivity contribution in [3.63, 3.8) is 0 Å². The van der Waals surface area contributed by atoms with Crippen LogP contribution in [0.1, 0.15) is 19.9 Å². The second-order valence-corrected chi connectivity index (χ2v) is 6.65. The first-order valence-corrected chi connectivity index (χ1v) is 8.80. The van der Waals surface area contributed by atoms with Crippen molar-refractivity contribution < 1.29 is 18.0 Å². The Balaban J connectivity index is 1.70. The van der Waals surface area contributed by atoms with Crippen molar-refractivity contribution in [1.29, 1.82) is 0 Å². The molecule has 0 aliphatic heterocycles. The number of benzene rings is 1. The van der Waals surface area contributed by atoms with Crippen LogP contribution in [0.25, 0.3) is 11.6 Å². The van der Waals surface area contributed by atoms with Crippen molar-refractivity contribution >= 4 is 23.4 Å². The maximum Gasteiger partial charge on any atom is 0.234 e. The number of aromatic nitrogens is 3. The summed E-state index contributed by atoms with van der Waals surface area (Å²) in [5.41, 5.74) is -0.0707. The molecule has 9 heteroatoms. The number of carbonyl (C=O) groups excluding carboxylic acids is 1. The van der Waals surface area contributed by atoms with E-state index in [0.717, 1.165) is 6.07 Å². The van der Waals surface area contributed by atoms with Crippen molar-refractivity contribution in [2.75, 3.05) is 11.1 Å². The van der Waals surface area contributed by atoms with E-state index in [1.54, 1.807) is 18.4 Å². The lowest BCUT2D eigenvalue weighted by molar-refractivity contribution is -0.113. The van der Waals surface area contributed by atoms with Crippen LogP contribution in [0.15, 0.2) is 46.2 Å². The van der Waals surface area contributed by atoms with Crippen LogP contribution in [0.4, 0.5) is 14.5 Å². The number of nitrogens with zero attached hydrogens (tertiary/aromatic N) is 3. The average molecular weight is 378 g/mol. The predicted molar refractivity (Wildman–Crippen MR) is 93.8 cm³/mol. The molecule has 136 valence electrons. The summed E-state index contributed by atoms with van der Waals surface area (Å²) in [6, 6.07) is 6.56. The van der Waals surface area contributed by atoms with E-state index in [1.165, 1.54) is 17.8 Å². The molecule has 0 radical (unpaired) electrons. The van der Waals surface area contributed by atoms with E-state index in [0.29, 0.717) is 22.8 Å². The molecule has 1 amide bonds. The minimum atomic E-state index is -0.825. The molecule has 0 bridgehead atoms. The zero-order valence-corrected chi connectivity index (χ0v) is 14.9. The monoisotopic (exact) mass is 378 g/mol. The Morgan fingerprint density at radius 1 is 1.31 bits per heavy atom. The van der Waals surface area contributed by atoms with Crippen LogP contribution in [-0.4, -0.2) is 26.4 Å². The maximum absolute atomic E-state index is 13.6. The highest BCUT2D eigenvalue weighted by molar-refractivity contribution is 7.99. The summed E-state index contributed by atoms with van der Waals surface area (Å²) < 4.78 is 33.7. The van der Waals surface area contributed by atoms with E-state index in [4.69, 9.17) is 4.42 Å². The van der Waals surface area contributed by atoms with Gasteiger partial charge in [0.05, 0.1) is 17.7 Å². The SMILES string of the molecule is CC(C)n1c(SCC(=O)Nc2ccc(F)cc2F)nnc1-c1ccco1. The summed E-state index contributed by atoms with van der Waals surface area (Å²) in [6.45, 7) is 3.93. The van der Waals surface area contributed by atoms with E-state index in [9.17, 15) is 13.6 Å². The van der Waals surface area contributed by atoms with Gasteiger partial charge >= 0.3 is 0 Å². The molecule has 3 aromatic rings. The molecule has 0 fully saturated rings. The summed E-state index contributed by atoms with van der Waals surface area (Å²) in [5, 5.41) is 11.2. The van der Waals surface area contributed by atoms with Crippen LogP contribution in [0.5, 0.6) is 0 Å². The molecule has 6 nitrogen and oxygen atoms in total. The summed E-state index contributed by atoms with van der Waals surface area (Å²) in [5.74, 6) is -0.814. The highest BCUT2D eigenvalue weighted by Gasteiger charge is 2.19. The third-order valence-electron chi connectivity index (χ3n) is 3.46. The molecule has 0 unspecified atom stereocenters. The summed E-state index contributed by atoms with van der Waals surface area (Å²) in [4.78, 5) is 12.1. The third-order valence-corrected chi connectivity index (χ3v) is 4.40. The topological polar surface area (TPSA) is 73.0 Å². The second-order valence-electron chi connectivity index (χ2n) is 5.71. The quantitative estimate of drug-likeness (QED) is 0.653. The van der Waals surface area contributed by atoms with Gasteiger partial charge < -0.3 is 9.73 Å². The zero-order chi connectivity index (χ0) is 18.7. The number of amides is 1. The number of halogens is 2. The van der Waals surface area contributed by atoms with Crippen molar-refractivity contribution in [3.05, 3.63) is 48.2 Å². The number of thioether (sulfide) groups is 1. The predicted octanol–water partition coefficient (Wildman–Crippen LogP) is 4.13. The van der Waals surface area contributed by atoms with Crippen LogP contribution in [-0.2, 0) is 4.79 Å². The number of rotatable bonds is 6. The fourth-order valence-corrected chi connectivity index (χ4v) is 3.19. The molecule has 0 saturated heterocycles. The maximum atomic E-state index is 13.6. The molecule has 2 aromatic heterocycles. The zero-order valence-electron chi connectivity index (χ0n) is 14.1. The molecule has 0 saturated carbocycles. The Kier molecular flexibility index (Phi) is 5.36. The Bertz CT molecular complexity index is 910. The van der Waals surface area contributed by atoms with E-state index >= 15 is 0 Å². The normalized spacial score (nSPS) is 11.1. The molecule has 0 aliphatic carbocycles. The van der Waals surface area contributed by atoms with E-state index in [2.05, 4.69) is 15.5 Å². The van der Waals surface area contributed by atoms with Crippen molar-refractivity contribution in [1.82, 2.24) is 14.8 Å². The van der Waals surface area contributed by atoms with Crippen molar-refractivity contribution in [2.45, 2.75) is 25.0 Å². The number of hydrogen-bond donors (Lipinski definition) is 1. The Hall–Kier alpha value is -2.68. The molecular formula is C17H16F2N4O2S. The Morgan fingerprint density at radius 2 is 2.12 bits per heavy atom. The fourth-order valence-electron chi connectivity index (χ4n) is 2.32. The van der Waals surface area contributed by atoms with Gasteiger partial charge in [-0.1, -0.05) is 11.8 Å². The third kappa shape index (κ3) is 3.93. The number of furan rings is 1. The first-order valence-electron chi connectivity index (χ1n) is 7.82. The van der Waals surface area contributed by atoms with Gasteiger partial charge in [0.15, 0.2) is 10.9 Å². The van der Waals surface area contributed by atoms with Gasteiger partial charge in [-0.2, -0.15) is 0 Å².